The summed E-state index contributed by atoms with van der Waals surface area (Å²) in [5.74, 6) is 0. The summed E-state index contributed by atoms with van der Waals surface area (Å²) in [6.07, 6.45) is 0.916. The maximum Gasteiger partial charge on any atom is 0.265 e. The van der Waals surface area contributed by atoms with Crippen LogP contribution in [0, 0.1) is 0 Å². The number of hydrogen-bond acceptors (Lipinski definition) is 4. The lowest BCUT2D eigenvalue weighted by atomic mass is 10.2. The van der Waals surface area contributed by atoms with Gasteiger partial charge in [-0.3, -0.25) is 4.31 Å². The first kappa shape index (κ1) is 16.7. The first-order chi connectivity index (χ1) is 10.4. The zero-order valence-electron chi connectivity index (χ0n) is 12.1. The van der Waals surface area contributed by atoms with E-state index in [1.54, 1.807) is 37.3 Å². The van der Waals surface area contributed by atoms with Crippen molar-refractivity contribution in [1.82, 2.24) is 4.98 Å². The van der Waals surface area contributed by atoms with Gasteiger partial charge in [0, 0.05) is 6.20 Å². The van der Waals surface area contributed by atoms with Crippen LogP contribution in [0.15, 0.2) is 53.6 Å². The second-order valence-corrected chi connectivity index (χ2v) is 7.00. The maximum absolute atomic E-state index is 12.8. The van der Waals surface area contributed by atoms with Crippen LogP contribution in [0.1, 0.15) is 13.3 Å². The molecule has 7 heteroatoms. The third-order valence-corrected chi connectivity index (χ3v) is 5.18. The number of anilines is 1. The van der Waals surface area contributed by atoms with E-state index in [1.165, 1.54) is 22.6 Å². The molecule has 118 valence electrons. The lowest BCUT2D eigenvalue weighted by Gasteiger charge is -2.26. The lowest BCUT2D eigenvalue weighted by molar-refractivity contribution is 0.179. The molecule has 0 aliphatic rings. The molecule has 2 rings (SSSR count). The first-order valence-electron chi connectivity index (χ1n) is 6.82. The van der Waals surface area contributed by atoms with E-state index in [9.17, 15) is 13.5 Å². The van der Waals surface area contributed by atoms with E-state index in [0.29, 0.717) is 12.1 Å². The van der Waals surface area contributed by atoms with E-state index >= 15 is 0 Å². The zero-order valence-corrected chi connectivity index (χ0v) is 13.6. The van der Waals surface area contributed by atoms with Gasteiger partial charge >= 0.3 is 0 Å². The van der Waals surface area contributed by atoms with Gasteiger partial charge in [0.25, 0.3) is 10.0 Å². The summed E-state index contributed by atoms with van der Waals surface area (Å²) in [7, 11) is -3.82. The standard InChI is InChI=1S/C15H17ClN2O3S/c1-2-13(19)11-18(12-6-4-3-5-7-12)22(20,21)14-8-9-15(16)17-10-14/h3-10,13,19H,2,11H2,1H3. The van der Waals surface area contributed by atoms with Crippen LogP contribution in [0.5, 0.6) is 0 Å². The van der Waals surface area contributed by atoms with Crippen LogP contribution in [-0.2, 0) is 10.0 Å². The van der Waals surface area contributed by atoms with Gasteiger partial charge in [-0.1, -0.05) is 36.7 Å². The van der Waals surface area contributed by atoms with Crippen molar-refractivity contribution in [2.45, 2.75) is 24.3 Å². The number of hydrogen-bond donors (Lipinski definition) is 1. The summed E-state index contributed by atoms with van der Waals surface area (Å²) in [6.45, 7) is 1.77. The van der Waals surface area contributed by atoms with Crippen LogP contribution in [0.25, 0.3) is 0 Å². The van der Waals surface area contributed by atoms with E-state index in [1.807, 2.05) is 0 Å². The predicted molar refractivity (Wildman–Crippen MR) is 86.5 cm³/mol. The third-order valence-electron chi connectivity index (χ3n) is 3.18. The molecule has 1 unspecified atom stereocenters. The average molecular weight is 341 g/mol. The number of halogens is 1. The van der Waals surface area contributed by atoms with Gasteiger partial charge in [0.1, 0.15) is 10.0 Å². The fourth-order valence-electron chi connectivity index (χ4n) is 1.90. The summed E-state index contributed by atoms with van der Waals surface area (Å²) in [5, 5.41) is 10.1. The summed E-state index contributed by atoms with van der Waals surface area (Å²) in [5.41, 5.74) is 0.491. The van der Waals surface area contributed by atoms with Crippen LogP contribution in [0.2, 0.25) is 5.15 Å². The molecule has 1 N–H and O–H groups in total. The smallest absolute Gasteiger partial charge is 0.265 e. The Labute approximate surface area is 135 Å². The van der Waals surface area contributed by atoms with Gasteiger partial charge in [-0.25, -0.2) is 13.4 Å². The second kappa shape index (κ2) is 7.09. The number of aromatic nitrogens is 1. The molecule has 0 bridgehead atoms. The van der Waals surface area contributed by atoms with Crippen molar-refractivity contribution in [2.75, 3.05) is 10.8 Å². The molecule has 0 radical (unpaired) electrons. The van der Waals surface area contributed by atoms with Gasteiger partial charge in [-0.05, 0) is 30.7 Å². The molecule has 0 saturated heterocycles. The molecular weight excluding hydrogens is 324 g/mol. The number of para-hydroxylation sites is 1. The van der Waals surface area contributed by atoms with Crippen LogP contribution in [-0.4, -0.2) is 31.2 Å². The van der Waals surface area contributed by atoms with Gasteiger partial charge in [-0.2, -0.15) is 0 Å². The predicted octanol–water partition coefficient (Wildman–Crippen LogP) is 2.70. The molecule has 2 aromatic rings. The van der Waals surface area contributed by atoms with Gasteiger partial charge in [0.05, 0.1) is 18.3 Å². The zero-order chi connectivity index (χ0) is 16.2. The van der Waals surface area contributed by atoms with Crippen molar-refractivity contribution in [1.29, 1.82) is 0 Å². The summed E-state index contributed by atoms with van der Waals surface area (Å²) in [6, 6.07) is 11.5. The van der Waals surface area contributed by atoms with Crippen molar-refractivity contribution in [2.24, 2.45) is 0 Å². The number of aliphatic hydroxyl groups is 1. The number of rotatable bonds is 6. The lowest BCUT2D eigenvalue weighted by Crippen LogP contribution is -2.37. The molecule has 1 atom stereocenters. The van der Waals surface area contributed by atoms with Crippen molar-refractivity contribution < 1.29 is 13.5 Å². The highest BCUT2D eigenvalue weighted by molar-refractivity contribution is 7.92. The quantitative estimate of drug-likeness (QED) is 0.821. The van der Waals surface area contributed by atoms with Crippen LogP contribution in [0.3, 0.4) is 0 Å². The Morgan fingerprint density at radius 1 is 1.23 bits per heavy atom. The summed E-state index contributed by atoms with van der Waals surface area (Å²) in [4.78, 5) is 3.85. The topological polar surface area (TPSA) is 70.5 Å². The van der Waals surface area contributed by atoms with Crippen LogP contribution < -0.4 is 4.31 Å². The molecule has 22 heavy (non-hydrogen) atoms. The normalized spacial score (nSPS) is 12.9. The van der Waals surface area contributed by atoms with Crippen molar-refractivity contribution >= 4 is 27.3 Å². The fraction of sp³-hybridized carbons (Fsp3) is 0.267. The maximum atomic E-state index is 12.8. The van der Waals surface area contributed by atoms with Gasteiger partial charge in [0.15, 0.2) is 0 Å². The van der Waals surface area contributed by atoms with Gasteiger partial charge < -0.3 is 5.11 Å². The Morgan fingerprint density at radius 2 is 1.91 bits per heavy atom. The van der Waals surface area contributed by atoms with E-state index in [2.05, 4.69) is 4.98 Å². The van der Waals surface area contributed by atoms with Crippen molar-refractivity contribution in [3.63, 3.8) is 0 Å². The SMILES string of the molecule is CCC(O)CN(c1ccccc1)S(=O)(=O)c1ccc(Cl)nc1. The number of sulfonamides is 1. The molecule has 0 spiro atoms. The van der Waals surface area contributed by atoms with E-state index in [4.69, 9.17) is 11.6 Å². The Hall–Kier alpha value is -1.63. The van der Waals surface area contributed by atoms with E-state index in [0.717, 1.165) is 0 Å². The van der Waals surface area contributed by atoms with Crippen molar-refractivity contribution in [3.8, 4) is 0 Å². The largest absolute Gasteiger partial charge is 0.391 e. The van der Waals surface area contributed by atoms with Crippen molar-refractivity contribution in [3.05, 3.63) is 53.8 Å². The monoisotopic (exact) mass is 340 g/mol. The Balaban J connectivity index is 2.45. The molecule has 1 aromatic heterocycles. The van der Waals surface area contributed by atoms with Gasteiger partial charge in [-0.15, -0.1) is 0 Å². The van der Waals surface area contributed by atoms with Crippen LogP contribution in [0.4, 0.5) is 5.69 Å². The Morgan fingerprint density at radius 3 is 2.45 bits per heavy atom. The Bertz CT molecular complexity index is 705. The minimum Gasteiger partial charge on any atom is -0.391 e. The van der Waals surface area contributed by atoms with Gasteiger partial charge in [0.2, 0.25) is 0 Å². The molecule has 1 aromatic carbocycles. The molecule has 0 fully saturated rings. The first-order valence-corrected chi connectivity index (χ1v) is 8.64. The van der Waals surface area contributed by atoms with E-state index < -0.39 is 16.1 Å². The molecule has 0 aliphatic carbocycles. The molecule has 0 saturated carbocycles. The summed E-state index contributed by atoms with van der Waals surface area (Å²) < 4.78 is 26.8. The number of pyridine rings is 1. The number of nitrogens with zero attached hydrogens (tertiary/aromatic N) is 2. The summed E-state index contributed by atoms with van der Waals surface area (Å²) >= 11 is 5.71. The number of benzene rings is 1. The average Bonchev–Trinajstić information content (AvgIpc) is 2.53. The molecule has 5 nitrogen and oxygen atoms in total. The highest BCUT2D eigenvalue weighted by atomic mass is 35.5. The molecule has 0 aliphatic heterocycles. The van der Waals surface area contributed by atoms with Crippen LogP contribution >= 0.6 is 11.6 Å². The number of aliphatic hydroxyl groups excluding tert-OH is 1. The minimum atomic E-state index is -3.82. The molecule has 0 amide bonds. The second-order valence-electron chi connectivity index (χ2n) is 4.75. The minimum absolute atomic E-state index is 0.0223. The van der Waals surface area contributed by atoms with E-state index in [-0.39, 0.29) is 16.6 Å². The third kappa shape index (κ3) is 3.76. The highest BCUT2D eigenvalue weighted by Gasteiger charge is 2.26. The molecular formula is C15H17ClN2O3S. The molecule has 1 heterocycles. The highest BCUT2D eigenvalue weighted by Crippen LogP contribution is 2.24. The Kier molecular flexibility index (Phi) is 5.39. The fourth-order valence-corrected chi connectivity index (χ4v) is 3.46.